The van der Waals surface area contributed by atoms with Gasteiger partial charge in [-0.2, -0.15) is 0 Å². The van der Waals surface area contributed by atoms with Crippen molar-refractivity contribution < 1.29 is 14.7 Å². The van der Waals surface area contributed by atoms with Crippen LogP contribution >= 0.6 is 0 Å². The Morgan fingerprint density at radius 2 is 2.35 bits per heavy atom. The van der Waals surface area contributed by atoms with E-state index in [4.69, 9.17) is 5.73 Å². The number of amides is 1. The summed E-state index contributed by atoms with van der Waals surface area (Å²) < 4.78 is 1.17. The number of carbonyl (C=O) groups is 2. The predicted octanol–water partition coefficient (Wildman–Crippen LogP) is 0.622. The Morgan fingerprint density at radius 3 is 3.00 bits per heavy atom. The summed E-state index contributed by atoms with van der Waals surface area (Å²) in [5, 5.41) is 9.35. The maximum atomic E-state index is 11.8. The Bertz CT molecular complexity index is 694. The van der Waals surface area contributed by atoms with Crippen molar-refractivity contribution in [3.05, 3.63) is 30.1 Å². The quantitative estimate of drug-likeness (QED) is 0.836. The van der Waals surface area contributed by atoms with Crippen molar-refractivity contribution in [1.82, 2.24) is 14.5 Å². The fraction of sp³-hybridized carbons (Fsp3) is 0.308. The monoisotopic (exact) mass is 274 g/mol. The van der Waals surface area contributed by atoms with Crippen molar-refractivity contribution in [3.63, 3.8) is 0 Å². The summed E-state index contributed by atoms with van der Waals surface area (Å²) in [6.07, 6.45) is 1.12. The Morgan fingerprint density at radius 1 is 1.55 bits per heavy atom. The lowest BCUT2D eigenvalue weighted by Gasteiger charge is -2.16. The summed E-state index contributed by atoms with van der Waals surface area (Å²) in [6.45, 7) is 0.782. The Kier molecular flexibility index (Phi) is 2.90. The molecule has 104 valence electrons. The van der Waals surface area contributed by atoms with Crippen molar-refractivity contribution in [2.45, 2.75) is 19.0 Å². The van der Waals surface area contributed by atoms with Crippen molar-refractivity contribution in [3.8, 4) is 0 Å². The highest BCUT2D eigenvalue weighted by Gasteiger charge is 2.29. The summed E-state index contributed by atoms with van der Waals surface area (Å²) in [6, 6.07) is 4.59. The second-order valence-electron chi connectivity index (χ2n) is 4.82. The van der Waals surface area contributed by atoms with Crippen LogP contribution in [-0.2, 0) is 11.3 Å². The molecule has 3 N–H and O–H groups in total. The molecule has 7 heteroatoms. The first-order chi connectivity index (χ1) is 9.58. The molecule has 0 aromatic carbocycles. The van der Waals surface area contributed by atoms with Gasteiger partial charge in [-0.15, -0.1) is 0 Å². The second kappa shape index (κ2) is 4.61. The third-order valence-corrected chi connectivity index (χ3v) is 3.53. The van der Waals surface area contributed by atoms with E-state index >= 15 is 0 Å². The lowest BCUT2D eigenvalue weighted by atomic mass is 10.3. The number of nitrogens with zero attached hydrogens (tertiary/aromatic N) is 3. The number of carboxylic acid groups (broad SMARTS) is 1. The first-order valence-corrected chi connectivity index (χ1v) is 6.31. The number of likely N-dealkylation sites (tertiary alicyclic amines) is 1. The number of fused-ring (bicyclic) bond motifs is 1. The standard InChI is InChI=1S/C13H14N4O3/c14-9-3-5-16(12(9)18)7-8-6-10-11(2-1-4-15-10)17(8)13(19)20/h1-2,4,6,9H,3,5,7,14H2,(H,19,20). The number of carbonyl (C=O) groups excluding carboxylic acids is 1. The van der Waals surface area contributed by atoms with Gasteiger partial charge in [0.2, 0.25) is 5.91 Å². The van der Waals surface area contributed by atoms with Crippen molar-refractivity contribution in [1.29, 1.82) is 0 Å². The normalized spacial score (nSPS) is 18.9. The highest BCUT2D eigenvalue weighted by atomic mass is 16.4. The molecule has 0 aliphatic carbocycles. The van der Waals surface area contributed by atoms with Gasteiger partial charge in [0.25, 0.3) is 0 Å². The molecule has 1 amide bonds. The van der Waals surface area contributed by atoms with Crippen molar-refractivity contribution >= 4 is 23.0 Å². The number of nitrogens with two attached hydrogens (primary N) is 1. The fourth-order valence-corrected chi connectivity index (χ4v) is 2.54. The number of hydrogen-bond acceptors (Lipinski definition) is 4. The summed E-state index contributed by atoms with van der Waals surface area (Å²) in [7, 11) is 0. The summed E-state index contributed by atoms with van der Waals surface area (Å²) in [5.74, 6) is -0.139. The SMILES string of the molecule is NC1CCN(Cc2cc3ncccc3n2C(=O)O)C1=O. The molecule has 1 unspecified atom stereocenters. The van der Waals surface area contributed by atoms with E-state index in [2.05, 4.69) is 4.98 Å². The third-order valence-electron chi connectivity index (χ3n) is 3.53. The molecule has 0 bridgehead atoms. The van der Waals surface area contributed by atoms with Crippen molar-refractivity contribution in [2.24, 2.45) is 5.73 Å². The van der Waals surface area contributed by atoms with Gasteiger partial charge < -0.3 is 15.7 Å². The molecule has 0 spiro atoms. The summed E-state index contributed by atoms with van der Waals surface area (Å²) >= 11 is 0. The predicted molar refractivity (Wildman–Crippen MR) is 71.2 cm³/mol. The first-order valence-electron chi connectivity index (χ1n) is 6.31. The van der Waals surface area contributed by atoms with Crippen LogP contribution in [0.15, 0.2) is 24.4 Å². The van der Waals surface area contributed by atoms with E-state index in [9.17, 15) is 14.7 Å². The molecule has 1 aliphatic rings. The minimum Gasteiger partial charge on any atom is -0.464 e. The van der Waals surface area contributed by atoms with E-state index in [0.29, 0.717) is 29.7 Å². The molecular formula is C13H14N4O3. The Labute approximate surface area is 114 Å². The van der Waals surface area contributed by atoms with Crippen LogP contribution in [0.1, 0.15) is 12.1 Å². The largest absolute Gasteiger partial charge is 0.464 e. The zero-order chi connectivity index (χ0) is 14.3. The molecule has 1 saturated heterocycles. The van der Waals surface area contributed by atoms with Gasteiger partial charge in [0.05, 0.1) is 29.3 Å². The highest BCUT2D eigenvalue weighted by molar-refractivity contribution is 5.88. The molecule has 7 nitrogen and oxygen atoms in total. The van der Waals surface area contributed by atoms with Crippen LogP contribution < -0.4 is 5.73 Å². The molecule has 2 aromatic rings. The van der Waals surface area contributed by atoms with Gasteiger partial charge in [-0.05, 0) is 24.6 Å². The minimum absolute atomic E-state index is 0.139. The third kappa shape index (κ3) is 1.92. The topological polar surface area (TPSA) is 101 Å². The second-order valence-corrected chi connectivity index (χ2v) is 4.82. The maximum Gasteiger partial charge on any atom is 0.416 e. The number of hydrogen-bond donors (Lipinski definition) is 2. The van der Waals surface area contributed by atoms with Gasteiger partial charge in [-0.3, -0.25) is 9.78 Å². The number of aromatic nitrogens is 2. The Hall–Kier alpha value is -2.41. The Balaban J connectivity index is 2.01. The van der Waals surface area contributed by atoms with Crippen LogP contribution in [0.4, 0.5) is 4.79 Å². The van der Waals surface area contributed by atoms with Crippen LogP contribution in [0, 0.1) is 0 Å². The van der Waals surface area contributed by atoms with Gasteiger partial charge in [0, 0.05) is 12.7 Å². The lowest BCUT2D eigenvalue weighted by molar-refractivity contribution is -0.129. The van der Waals surface area contributed by atoms with Crippen LogP contribution in [0.3, 0.4) is 0 Å². The molecule has 3 heterocycles. The summed E-state index contributed by atoms with van der Waals surface area (Å²) in [5.41, 5.74) is 7.31. The van der Waals surface area contributed by atoms with Crippen LogP contribution in [-0.4, -0.2) is 44.1 Å². The number of pyridine rings is 1. The van der Waals surface area contributed by atoms with Crippen molar-refractivity contribution in [2.75, 3.05) is 6.54 Å². The van der Waals surface area contributed by atoms with E-state index in [1.165, 1.54) is 4.57 Å². The lowest BCUT2D eigenvalue weighted by Crippen LogP contribution is -2.34. The molecule has 3 rings (SSSR count). The molecule has 1 fully saturated rings. The van der Waals surface area contributed by atoms with Crippen LogP contribution in [0.2, 0.25) is 0 Å². The molecule has 1 aliphatic heterocycles. The van der Waals surface area contributed by atoms with Gasteiger partial charge in [-0.25, -0.2) is 9.36 Å². The van der Waals surface area contributed by atoms with Gasteiger partial charge >= 0.3 is 6.09 Å². The number of rotatable bonds is 2. The average Bonchev–Trinajstić information content (AvgIpc) is 2.93. The highest BCUT2D eigenvalue weighted by Crippen LogP contribution is 2.21. The molecule has 0 saturated carbocycles. The zero-order valence-corrected chi connectivity index (χ0v) is 10.7. The van der Waals surface area contributed by atoms with Crippen LogP contribution in [0.25, 0.3) is 11.0 Å². The van der Waals surface area contributed by atoms with Gasteiger partial charge in [-0.1, -0.05) is 0 Å². The zero-order valence-electron chi connectivity index (χ0n) is 10.7. The van der Waals surface area contributed by atoms with E-state index < -0.39 is 12.1 Å². The molecule has 2 aromatic heterocycles. The maximum absolute atomic E-state index is 11.8. The van der Waals surface area contributed by atoms with Gasteiger partial charge in [0.1, 0.15) is 0 Å². The first kappa shape index (κ1) is 12.6. The average molecular weight is 274 g/mol. The van der Waals surface area contributed by atoms with Crippen LogP contribution in [0.5, 0.6) is 0 Å². The minimum atomic E-state index is -1.08. The molecule has 0 radical (unpaired) electrons. The fourth-order valence-electron chi connectivity index (χ4n) is 2.54. The van der Waals surface area contributed by atoms with E-state index in [1.54, 1.807) is 29.3 Å². The van der Waals surface area contributed by atoms with E-state index in [1.807, 2.05) is 0 Å². The molecule has 1 atom stereocenters. The molecule has 20 heavy (non-hydrogen) atoms. The smallest absolute Gasteiger partial charge is 0.416 e. The molecular weight excluding hydrogens is 260 g/mol. The summed E-state index contributed by atoms with van der Waals surface area (Å²) in [4.78, 5) is 29.0. The van der Waals surface area contributed by atoms with Gasteiger partial charge in [0.15, 0.2) is 0 Å². The van der Waals surface area contributed by atoms with E-state index in [-0.39, 0.29) is 12.5 Å². The van der Waals surface area contributed by atoms with E-state index in [0.717, 1.165) is 0 Å².